The summed E-state index contributed by atoms with van der Waals surface area (Å²) in [5, 5.41) is 10.1. The topological polar surface area (TPSA) is 113 Å². The van der Waals surface area contributed by atoms with Crippen LogP contribution in [0.3, 0.4) is 0 Å². The second-order valence-electron chi connectivity index (χ2n) is 9.02. The van der Waals surface area contributed by atoms with Crippen molar-refractivity contribution in [2.45, 2.75) is 24.9 Å². The highest BCUT2D eigenvalue weighted by Gasteiger charge is 2.45. The minimum atomic E-state index is -0.699. The number of aromatic hydroxyl groups is 1. The fourth-order valence-corrected chi connectivity index (χ4v) is 6.13. The SMILES string of the molecule is COc1cc(O)ccc1[C@H]1C2=CCn3c(=O)n(-c4ccccc4)c(=O)n3[C@@H]2CC2=C1C(=O)C(I)=CC2=O. The maximum Gasteiger partial charge on any atom is 0.352 e. The summed E-state index contributed by atoms with van der Waals surface area (Å²) in [5.41, 5.74) is 1.41. The molecule has 37 heavy (non-hydrogen) atoms. The number of phenolic OH excluding ortho intramolecular Hbond substituents is 1. The summed E-state index contributed by atoms with van der Waals surface area (Å²) < 4.78 is 9.75. The van der Waals surface area contributed by atoms with Crippen molar-refractivity contribution in [1.29, 1.82) is 0 Å². The fourth-order valence-electron chi connectivity index (χ4n) is 5.56. The lowest BCUT2D eigenvalue weighted by Crippen LogP contribution is -2.40. The molecule has 2 aromatic carbocycles. The molecule has 2 atom stereocenters. The first-order valence-electron chi connectivity index (χ1n) is 11.6. The summed E-state index contributed by atoms with van der Waals surface area (Å²) in [6, 6.07) is 12.6. The number of ether oxygens (including phenoxy) is 1. The number of benzene rings is 2. The van der Waals surface area contributed by atoms with Gasteiger partial charge in [0.1, 0.15) is 11.5 Å². The Morgan fingerprint density at radius 2 is 1.78 bits per heavy atom. The van der Waals surface area contributed by atoms with Crippen LogP contribution in [0.1, 0.15) is 23.9 Å². The van der Waals surface area contributed by atoms with E-state index in [1.54, 1.807) is 36.4 Å². The Bertz CT molecular complexity index is 1720. The molecular formula is C27H20IN3O6. The van der Waals surface area contributed by atoms with Gasteiger partial charge in [0.25, 0.3) is 0 Å². The molecule has 2 aliphatic carbocycles. The standard InChI is InChI=1S/C27H20IN3O6/c1-37-22-11-15(32)7-8-17(22)23-16-9-10-29-26(35)30(14-5-3-2-4-6-14)27(36)31(29)20(16)12-18-21(33)13-19(28)25(34)24(18)23/h2-9,11,13,20,23,32H,10,12H2,1H3/t20-,23-/m1/s1. The predicted molar refractivity (Wildman–Crippen MR) is 143 cm³/mol. The van der Waals surface area contributed by atoms with Gasteiger partial charge < -0.3 is 9.84 Å². The van der Waals surface area contributed by atoms with E-state index in [0.717, 1.165) is 10.1 Å². The molecule has 0 spiro atoms. The van der Waals surface area contributed by atoms with Gasteiger partial charge in [-0.3, -0.25) is 9.59 Å². The van der Waals surface area contributed by atoms with E-state index in [2.05, 4.69) is 0 Å². The van der Waals surface area contributed by atoms with Gasteiger partial charge in [0.2, 0.25) is 0 Å². The van der Waals surface area contributed by atoms with E-state index >= 15 is 0 Å². The van der Waals surface area contributed by atoms with Crippen molar-refractivity contribution >= 4 is 34.2 Å². The Morgan fingerprint density at radius 3 is 2.51 bits per heavy atom. The second-order valence-corrected chi connectivity index (χ2v) is 10.2. The van der Waals surface area contributed by atoms with Crippen LogP contribution >= 0.6 is 22.6 Å². The molecule has 0 unspecified atom stereocenters. The van der Waals surface area contributed by atoms with E-state index in [1.807, 2.05) is 28.7 Å². The van der Waals surface area contributed by atoms with Crippen LogP contribution in [0.2, 0.25) is 0 Å². The van der Waals surface area contributed by atoms with E-state index in [9.17, 15) is 24.3 Å². The van der Waals surface area contributed by atoms with E-state index in [4.69, 9.17) is 4.74 Å². The van der Waals surface area contributed by atoms with Crippen molar-refractivity contribution in [3.63, 3.8) is 0 Å². The summed E-state index contributed by atoms with van der Waals surface area (Å²) in [7, 11) is 1.46. The number of methoxy groups -OCH3 is 1. The molecule has 1 aromatic heterocycles. The Kier molecular flexibility index (Phi) is 5.44. The molecule has 0 saturated heterocycles. The van der Waals surface area contributed by atoms with Crippen LogP contribution in [0.25, 0.3) is 5.69 Å². The van der Waals surface area contributed by atoms with Crippen LogP contribution in [0.4, 0.5) is 0 Å². The summed E-state index contributed by atoms with van der Waals surface area (Å²) in [4.78, 5) is 53.7. The lowest BCUT2D eigenvalue weighted by Gasteiger charge is -2.39. The van der Waals surface area contributed by atoms with Crippen molar-refractivity contribution < 1.29 is 19.4 Å². The first-order valence-corrected chi connectivity index (χ1v) is 12.7. The molecule has 186 valence electrons. The largest absolute Gasteiger partial charge is 0.508 e. The van der Waals surface area contributed by atoms with Gasteiger partial charge in [-0.05, 0) is 46.4 Å². The van der Waals surface area contributed by atoms with Crippen molar-refractivity contribution in [2.24, 2.45) is 0 Å². The number of para-hydroxylation sites is 1. The molecule has 0 saturated carbocycles. The molecule has 2 heterocycles. The number of fused-ring (bicyclic) bond motifs is 3. The first kappa shape index (κ1) is 23.5. The minimum absolute atomic E-state index is 0.00898. The molecule has 9 nitrogen and oxygen atoms in total. The molecule has 0 fully saturated rings. The van der Waals surface area contributed by atoms with Crippen LogP contribution in [-0.4, -0.2) is 37.7 Å². The third kappa shape index (κ3) is 3.42. The van der Waals surface area contributed by atoms with E-state index < -0.39 is 23.3 Å². The van der Waals surface area contributed by atoms with Crippen LogP contribution in [0.15, 0.2) is 90.6 Å². The highest BCUT2D eigenvalue weighted by Crippen LogP contribution is 2.52. The molecule has 6 rings (SSSR count). The number of hydrogen-bond acceptors (Lipinski definition) is 6. The van der Waals surface area contributed by atoms with Crippen LogP contribution in [-0.2, 0) is 16.1 Å². The molecule has 0 amide bonds. The number of Topliss-reactive ketones (excluding diaryl/α,β-unsaturated/α-hetero) is 1. The lowest BCUT2D eigenvalue weighted by atomic mass is 9.68. The van der Waals surface area contributed by atoms with Gasteiger partial charge in [-0.15, -0.1) is 0 Å². The number of halogens is 1. The number of nitrogens with zero attached hydrogens (tertiary/aromatic N) is 3. The number of rotatable bonds is 3. The molecule has 1 N–H and O–H groups in total. The smallest absolute Gasteiger partial charge is 0.352 e. The molecule has 10 heteroatoms. The van der Waals surface area contributed by atoms with Crippen molar-refractivity contribution in [1.82, 2.24) is 13.9 Å². The predicted octanol–water partition coefficient (Wildman–Crippen LogP) is 2.95. The number of hydrogen-bond donors (Lipinski definition) is 1. The Morgan fingerprint density at radius 1 is 1.03 bits per heavy atom. The number of phenols is 1. The monoisotopic (exact) mass is 609 g/mol. The normalized spacial score (nSPS) is 20.6. The molecule has 1 aliphatic heterocycles. The number of allylic oxidation sites excluding steroid dienone is 6. The highest BCUT2D eigenvalue weighted by molar-refractivity contribution is 14.1. The van der Waals surface area contributed by atoms with Gasteiger partial charge in [0, 0.05) is 41.2 Å². The van der Waals surface area contributed by atoms with Gasteiger partial charge in [0.15, 0.2) is 11.6 Å². The average molecular weight is 609 g/mol. The van der Waals surface area contributed by atoms with Gasteiger partial charge in [-0.25, -0.2) is 23.5 Å². The van der Waals surface area contributed by atoms with Crippen LogP contribution < -0.4 is 16.1 Å². The molecule has 0 radical (unpaired) electrons. The van der Waals surface area contributed by atoms with Gasteiger partial charge in [-0.2, -0.15) is 0 Å². The third-order valence-electron chi connectivity index (χ3n) is 7.14. The van der Waals surface area contributed by atoms with Gasteiger partial charge >= 0.3 is 11.4 Å². The van der Waals surface area contributed by atoms with Crippen molar-refractivity contribution in [3.05, 3.63) is 108 Å². The second kappa shape index (κ2) is 8.58. The summed E-state index contributed by atoms with van der Waals surface area (Å²) in [5.74, 6) is -0.914. The average Bonchev–Trinajstić information content (AvgIpc) is 3.16. The Balaban J connectivity index is 1.61. The molecule has 3 aromatic rings. The van der Waals surface area contributed by atoms with E-state index in [-0.39, 0.29) is 30.3 Å². The number of ketones is 2. The van der Waals surface area contributed by atoms with Gasteiger partial charge in [0.05, 0.1) is 29.0 Å². The summed E-state index contributed by atoms with van der Waals surface area (Å²) >= 11 is 1.87. The first-order chi connectivity index (χ1) is 17.8. The lowest BCUT2D eigenvalue weighted by molar-refractivity contribution is -0.115. The van der Waals surface area contributed by atoms with Gasteiger partial charge in [-0.1, -0.05) is 30.3 Å². The van der Waals surface area contributed by atoms with Crippen molar-refractivity contribution in [2.75, 3.05) is 7.11 Å². The number of aromatic nitrogens is 3. The zero-order valence-corrected chi connectivity index (χ0v) is 21.7. The number of carbonyl (C=O) groups excluding carboxylic acids is 2. The van der Waals surface area contributed by atoms with Crippen LogP contribution in [0.5, 0.6) is 11.5 Å². The van der Waals surface area contributed by atoms with E-state index in [0.29, 0.717) is 31.7 Å². The third-order valence-corrected chi connectivity index (χ3v) is 7.94. The zero-order chi connectivity index (χ0) is 26.0. The molecular weight excluding hydrogens is 589 g/mol. The maximum absolute atomic E-state index is 13.7. The minimum Gasteiger partial charge on any atom is -0.508 e. The molecule has 0 bridgehead atoms. The fraction of sp³-hybridized carbons (Fsp3) is 0.185. The Hall–Kier alpha value is -3.93. The molecule has 3 aliphatic rings. The quantitative estimate of drug-likeness (QED) is 0.278. The maximum atomic E-state index is 13.7. The van der Waals surface area contributed by atoms with Crippen molar-refractivity contribution in [3.8, 4) is 17.2 Å². The van der Waals surface area contributed by atoms with E-state index in [1.165, 1.54) is 34.7 Å². The Labute approximate surface area is 223 Å². The summed E-state index contributed by atoms with van der Waals surface area (Å²) in [6.07, 6.45) is 3.26. The zero-order valence-electron chi connectivity index (χ0n) is 19.6. The number of carbonyl (C=O) groups is 2. The highest BCUT2D eigenvalue weighted by atomic mass is 127. The van der Waals surface area contributed by atoms with Crippen LogP contribution in [0, 0.1) is 0 Å². The summed E-state index contributed by atoms with van der Waals surface area (Å²) in [6.45, 7) is 0.119.